The molecule has 1 aromatic carbocycles. The molecule has 1 atom stereocenters. The Morgan fingerprint density at radius 3 is 2.68 bits per heavy atom. The van der Waals surface area contributed by atoms with Gasteiger partial charge in [-0.25, -0.2) is 4.79 Å². The maximum Gasteiger partial charge on any atom is 0.407 e. The number of hydrogen-bond donors (Lipinski definition) is 3. The zero-order valence-corrected chi connectivity index (χ0v) is 15.8. The zero-order chi connectivity index (χ0) is 18.6. The van der Waals surface area contributed by atoms with E-state index >= 15 is 0 Å². The zero-order valence-electron chi connectivity index (χ0n) is 15.8. The number of carbonyl (C=O) groups excluding carboxylic acids is 1. The molecular weight excluding hydrogens is 320 g/mol. The van der Waals surface area contributed by atoms with E-state index < -0.39 is 5.60 Å². The van der Waals surface area contributed by atoms with E-state index in [2.05, 4.69) is 15.5 Å². The van der Waals surface area contributed by atoms with Gasteiger partial charge in [0.05, 0.1) is 24.2 Å². The largest absolute Gasteiger partial charge is 0.497 e. The molecule has 0 aromatic heterocycles. The molecule has 1 aliphatic heterocycles. The quantitative estimate of drug-likeness (QED) is 0.724. The van der Waals surface area contributed by atoms with Gasteiger partial charge < -0.3 is 30.7 Å². The van der Waals surface area contributed by atoms with Crippen LogP contribution in [0, 0.1) is 0 Å². The molecular formula is C18H30N4O3. The number of anilines is 3. The number of amides is 1. The summed E-state index contributed by atoms with van der Waals surface area (Å²) in [6.07, 6.45) is 1.50. The van der Waals surface area contributed by atoms with Crippen molar-refractivity contribution in [3.05, 3.63) is 12.1 Å². The minimum Gasteiger partial charge on any atom is -0.497 e. The average molecular weight is 350 g/mol. The molecule has 0 radical (unpaired) electrons. The Bertz CT molecular complexity index is 613. The highest BCUT2D eigenvalue weighted by Crippen LogP contribution is 2.36. The number of hydrogen-bond acceptors (Lipinski definition) is 6. The summed E-state index contributed by atoms with van der Waals surface area (Å²) in [6, 6.07) is 3.83. The van der Waals surface area contributed by atoms with Gasteiger partial charge in [-0.2, -0.15) is 0 Å². The Kier molecular flexibility index (Phi) is 5.87. The molecule has 1 heterocycles. The van der Waals surface area contributed by atoms with Gasteiger partial charge in [0.15, 0.2) is 0 Å². The van der Waals surface area contributed by atoms with Gasteiger partial charge >= 0.3 is 6.09 Å². The summed E-state index contributed by atoms with van der Waals surface area (Å²) in [5.41, 5.74) is 8.23. The molecule has 1 saturated heterocycles. The molecule has 25 heavy (non-hydrogen) atoms. The molecule has 0 saturated carbocycles. The van der Waals surface area contributed by atoms with Crippen LogP contribution in [0.2, 0.25) is 0 Å². The van der Waals surface area contributed by atoms with Crippen LogP contribution in [-0.2, 0) is 4.74 Å². The molecule has 1 fully saturated rings. The van der Waals surface area contributed by atoms with Crippen molar-refractivity contribution in [3.63, 3.8) is 0 Å². The van der Waals surface area contributed by atoms with E-state index in [0.717, 1.165) is 36.5 Å². The van der Waals surface area contributed by atoms with Crippen LogP contribution < -0.4 is 26.0 Å². The lowest BCUT2D eigenvalue weighted by molar-refractivity contribution is 0.0500. The van der Waals surface area contributed by atoms with Gasteiger partial charge in [-0.1, -0.05) is 0 Å². The van der Waals surface area contributed by atoms with Crippen molar-refractivity contribution in [1.29, 1.82) is 0 Å². The van der Waals surface area contributed by atoms with E-state index in [9.17, 15) is 4.79 Å². The van der Waals surface area contributed by atoms with E-state index in [1.807, 2.05) is 40.0 Å². The third kappa shape index (κ3) is 5.08. The molecule has 0 aliphatic carbocycles. The highest BCUT2D eigenvalue weighted by atomic mass is 16.6. The van der Waals surface area contributed by atoms with Gasteiger partial charge in [0.25, 0.3) is 0 Å². The lowest BCUT2D eigenvalue weighted by Gasteiger charge is -2.36. The molecule has 0 spiro atoms. The number of nitrogens with zero attached hydrogens (tertiary/aromatic N) is 1. The highest BCUT2D eigenvalue weighted by molar-refractivity contribution is 5.83. The lowest BCUT2D eigenvalue weighted by atomic mass is 10.0. The van der Waals surface area contributed by atoms with Crippen LogP contribution in [0.4, 0.5) is 21.9 Å². The van der Waals surface area contributed by atoms with Crippen molar-refractivity contribution in [2.75, 3.05) is 43.2 Å². The summed E-state index contributed by atoms with van der Waals surface area (Å²) in [5.74, 6) is 0.746. The molecule has 1 amide bonds. The van der Waals surface area contributed by atoms with E-state index in [1.54, 1.807) is 7.11 Å². The van der Waals surface area contributed by atoms with Crippen molar-refractivity contribution in [1.82, 2.24) is 5.32 Å². The minimum atomic E-state index is -0.503. The number of nitrogens with two attached hydrogens (primary N) is 1. The van der Waals surface area contributed by atoms with E-state index in [1.165, 1.54) is 0 Å². The fourth-order valence-electron chi connectivity index (χ4n) is 2.99. The fraction of sp³-hybridized carbons (Fsp3) is 0.611. The number of nitrogen functional groups attached to an aromatic ring is 1. The maximum atomic E-state index is 12.0. The van der Waals surface area contributed by atoms with Crippen LogP contribution in [0.1, 0.15) is 33.6 Å². The number of alkyl carbamates (subject to hydrolysis) is 1. The third-order valence-corrected chi connectivity index (χ3v) is 4.12. The fourth-order valence-corrected chi connectivity index (χ4v) is 2.99. The summed E-state index contributed by atoms with van der Waals surface area (Å²) in [4.78, 5) is 14.2. The van der Waals surface area contributed by atoms with Crippen molar-refractivity contribution < 1.29 is 14.3 Å². The summed E-state index contributed by atoms with van der Waals surface area (Å²) >= 11 is 0. The van der Waals surface area contributed by atoms with Crippen LogP contribution in [0.3, 0.4) is 0 Å². The van der Waals surface area contributed by atoms with Crippen LogP contribution in [0.5, 0.6) is 5.75 Å². The standard InChI is InChI=1S/C18H30N4O3/c1-18(2,3)25-17(23)21-12-7-6-8-22(11-12)15-10-13(24-5)9-14(20-4)16(15)19/h9-10,12,20H,6-8,11,19H2,1-5H3,(H,21,23)/t12-/m1/s1. The number of piperidine rings is 1. The smallest absolute Gasteiger partial charge is 0.407 e. The topological polar surface area (TPSA) is 88.8 Å². The molecule has 0 bridgehead atoms. The predicted octanol–water partition coefficient (Wildman–Crippen LogP) is 2.81. The Hall–Kier alpha value is -2.31. The molecule has 4 N–H and O–H groups in total. The second-order valence-electron chi connectivity index (χ2n) is 7.29. The van der Waals surface area contributed by atoms with Crippen LogP contribution >= 0.6 is 0 Å². The van der Waals surface area contributed by atoms with Gasteiger partial charge in [-0.3, -0.25) is 0 Å². The third-order valence-electron chi connectivity index (χ3n) is 4.12. The van der Waals surface area contributed by atoms with Gasteiger partial charge in [-0.15, -0.1) is 0 Å². The number of ether oxygens (including phenoxy) is 2. The maximum absolute atomic E-state index is 12.0. The van der Waals surface area contributed by atoms with E-state index in [-0.39, 0.29) is 12.1 Å². The number of benzene rings is 1. The average Bonchev–Trinajstić information content (AvgIpc) is 2.53. The predicted molar refractivity (Wildman–Crippen MR) is 102 cm³/mol. The second kappa shape index (κ2) is 7.72. The van der Waals surface area contributed by atoms with Crippen molar-refractivity contribution in [2.45, 2.75) is 45.3 Å². The Morgan fingerprint density at radius 2 is 2.08 bits per heavy atom. The van der Waals surface area contributed by atoms with Gasteiger partial charge in [-0.05, 0) is 33.6 Å². The molecule has 2 rings (SSSR count). The first-order valence-corrected chi connectivity index (χ1v) is 8.63. The first kappa shape index (κ1) is 19.0. The Balaban J connectivity index is 2.12. The molecule has 140 valence electrons. The minimum absolute atomic E-state index is 0.0206. The van der Waals surface area contributed by atoms with Crippen LogP contribution in [0.15, 0.2) is 12.1 Å². The van der Waals surface area contributed by atoms with Gasteiger partial charge in [0.1, 0.15) is 11.4 Å². The van der Waals surface area contributed by atoms with Crippen molar-refractivity contribution in [3.8, 4) is 5.75 Å². The van der Waals surface area contributed by atoms with Crippen LogP contribution in [-0.4, -0.2) is 45.0 Å². The first-order chi connectivity index (χ1) is 11.7. The van der Waals surface area contributed by atoms with E-state index in [4.69, 9.17) is 15.2 Å². The van der Waals surface area contributed by atoms with Crippen LogP contribution in [0.25, 0.3) is 0 Å². The SMILES string of the molecule is CNc1cc(OC)cc(N2CCC[C@@H](NC(=O)OC(C)(C)C)C2)c1N. The summed E-state index contributed by atoms with van der Waals surface area (Å²) in [7, 11) is 3.47. The summed E-state index contributed by atoms with van der Waals surface area (Å²) in [6.45, 7) is 7.13. The molecule has 0 unspecified atom stereocenters. The van der Waals surface area contributed by atoms with Gasteiger partial charge in [0.2, 0.25) is 0 Å². The lowest BCUT2D eigenvalue weighted by Crippen LogP contribution is -2.49. The summed E-state index contributed by atoms with van der Waals surface area (Å²) < 4.78 is 10.7. The number of carbonyl (C=O) groups is 1. The summed E-state index contributed by atoms with van der Waals surface area (Å²) in [5, 5.41) is 6.06. The Labute approximate surface area is 149 Å². The highest BCUT2D eigenvalue weighted by Gasteiger charge is 2.26. The number of methoxy groups -OCH3 is 1. The molecule has 1 aromatic rings. The second-order valence-corrected chi connectivity index (χ2v) is 7.29. The van der Waals surface area contributed by atoms with E-state index in [0.29, 0.717) is 12.2 Å². The Morgan fingerprint density at radius 1 is 1.36 bits per heavy atom. The number of nitrogens with one attached hydrogen (secondary N) is 2. The van der Waals surface area contributed by atoms with Crippen molar-refractivity contribution >= 4 is 23.2 Å². The monoisotopic (exact) mass is 350 g/mol. The molecule has 1 aliphatic rings. The van der Waals surface area contributed by atoms with Crippen molar-refractivity contribution in [2.24, 2.45) is 0 Å². The van der Waals surface area contributed by atoms with Gasteiger partial charge in [0, 0.05) is 38.3 Å². The normalized spacial score (nSPS) is 17.8. The first-order valence-electron chi connectivity index (χ1n) is 8.63. The molecule has 7 heteroatoms. The number of rotatable bonds is 4. The molecule has 7 nitrogen and oxygen atoms in total.